The van der Waals surface area contributed by atoms with E-state index in [1.165, 1.54) is 11.0 Å². The van der Waals surface area contributed by atoms with Crippen LogP contribution in [-0.2, 0) is 27.7 Å². The van der Waals surface area contributed by atoms with Gasteiger partial charge in [0.25, 0.3) is 10.0 Å². The van der Waals surface area contributed by atoms with Crippen LogP contribution >= 0.6 is 0 Å². The van der Waals surface area contributed by atoms with Gasteiger partial charge in [0, 0.05) is 26.1 Å². The maximum atomic E-state index is 13.6. The normalized spacial score (nSPS) is 13.1. The molecule has 0 aromatic heterocycles. The molecule has 3 amide bonds. The summed E-state index contributed by atoms with van der Waals surface area (Å²) in [5, 5.41) is 2.57. The molecule has 0 aliphatic carbocycles. The van der Waals surface area contributed by atoms with E-state index in [1.54, 1.807) is 44.5 Å². The van der Waals surface area contributed by atoms with Crippen LogP contribution in [-0.4, -0.2) is 39.7 Å². The van der Waals surface area contributed by atoms with E-state index in [0.29, 0.717) is 23.4 Å². The lowest BCUT2D eigenvalue weighted by Gasteiger charge is -2.26. The van der Waals surface area contributed by atoms with Gasteiger partial charge in [-0.05, 0) is 35.7 Å². The largest absolute Gasteiger partial charge is 0.329 e. The quantitative estimate of drug-likeness (QED) is 0.528. The van der Waals surface area contributed by atoms with E-state index in [2.05, 4.69) is 10.3 Å². The van der Waals surface area contributed by atoms with Crippen molar-refractivity contribution >= 4 is 39.6 Å². The third-order valence-corrected chi connectivity index (χ3v) is 7.31. The summed E-state index contributed by atoms with van der Waals surface area (Å²) >= 11 is 0. The van der Waals surface area contributed by atoms with E-state index in [9.17, 15) is 18.0 Å². The molecule has 4 rings (SSSR count). The Balaban J connectivity index is 1.58. The zero-order valence-corrected chi connectivity index (χ0v) is 20.2. The second kappa shape index (κ2) is 10.1. The Hall–Kier alpha value is -3.98. The molecule has 180 valence electrons. The van der Waals surface area contributed by atoms with Crippen LogP contribution in [0, 0.1) is 6.92 Å². The zero-order chi connectivity index (χ0) is 25.0. The van der Waals surface area contributed by atoms with Crippen molar-refractivity contribution in [2.24, 2.45) is 4.99 Å². The fourth-order valence-electron chi connectivity index (χ4n) is 4.02. The van der Waals surface area contributed by atoms with Crippen molar-refractivity contribution < 1.29 is 18.0 Å². The molecule has 8 nitrogen and oxygen atoms in total. The first kappa shape index (κ1) is 24.2. The van der Waals surface area contributed by atoms with E-state index < -0.39 is 28.0 Å². The van der Waals surface area contributed by atoms with E-state index in [4.69, 9.17) is 0 Å². The molecule has 0 unspecified atom stereocenters. The SMILES string of the molecule is Cc1ccccc1S(=O)(=O)NC(=O)N[C@@H](Cc1ccccc1)C(=O)N(C)c1cccc2c1N=CC2. The summed E-state index contributed by atoms with van der Waals surface area (Å²) in [5.41, 5.74) is 3.67. The molecule has 35 heavy (non-hydrogen) atoms. The Kier molecular flexibility index (Phi) is 6.97. The van der Waals surface area contributed by atoms with Gasteiger partial charge in [-0.25, -0.2) is 17.9 Å². The number of hydrogen-bond acceptors (Lipinski definition) is 5. The molecule has 0 saturated heterocycles. The standard InChI is InChI=1S/C26H26N4O4S/c1-18-9-6-7-14-23(18)35(33,34)29-26(32)28-21(17-19-10-4-3-5-11-19)25(31)30(2)22-13-8-12-20-15-16-27-24(20)22/h3-14,16,21H,15,17H2,1-2H3,(H2,28,29,32)/t21-/m0/s1. The molecule has 3 aromatic rings. The van der Waals surface area contributed by atoms with Crippen LogP contribution in [0.3, 0.4) is 0 Å². The maximum Gasteiger partial charge on any atom is 0.329 e. The van der Waals surface area contributed by atoms with Gasteiger partial charge < -0.3 is 10.2 Å². The number of amides is 3. The number of fused-ring (bicyclic) bond motifs is 1. The van der Waals surface area contributed by atoms with Crippen molar-refractivity contribution in [2.75, 3.05) is 11.9 Å². The van der Waals surface area contributed by atoms with Crippen LogP contribution < -0.4 is 14.9 Å². The van der Waals surface area contributed by atoms with Crippen molar-refractivity contribution in [1.29, 1.82) is 0 Å². The number of urea groups is 1. The minimum atomic E-state index is -4.12. The fourth-order valence-corrected chi connectivity index (χ4v) is 5.19. The summed E-state index contributed by atoms with van der Waals surface area (Å²) in [7, 11) is -2.50. The van der Waals surface area contributed by atoms with E-state index >= 15 is 0 Å². The summed E-state index contributed by atoms with van der Waals surface area (Å²) in [4.78, 5) is 32.2. The summed E-state index contributed by atoms with van der Waals surface area (Å²) in [6.45, 7) is 1.64. The first-order valence-electron chi connectivity index (χ1n) is 11.1. The number of nitrogens with one attached hydrogen (secondary N) is 2. The molecular weight excluding hydrogens is 464 g/mol. The fraction of sp³-hybridized carbons (Fsp3) is 0.192. The van der Waals surface area contributed by atoms with Gasteiger partial charge in [-0.3, -0.25) is 9.79 Å². The van der Waals surface area contributed by atoms with Crippen LogP contribution in [0.1, 0.15) is 16.7 Å². The Morgan fingerprint density at radius 2 is 1.71 bits per heavy atom. The number of benzene rings is 3. The highest BCUT2D eigenvalue weighted by atomic mass is 32.2. The van der Waals surface area contributed by atoms with Gasteiger partial charge >= 0.3 is 6.03 Å². The monoisotopic (exact) mass is 490 g/mol. The smallest absolute Gasteiger partial charge is 0.325 e. The minimum absolute atomic E-state index is 0.00378. The van der Waals surface area contributed by atoms with Crippen molar-refractivity contribution in [1.82, 2.24) is 10.0 Å². The van der Waals surface area contributed by atoms with E-state index in [-0.39, 0.29) is 11.3 Å². The molecule has 2 N–H and O–H groups in total. The van der Waals surface area contributed by atoms with Gasteiger partial charge in [0.2, 0.25) is 5.91 Å². The number of aryl methyl sites for hydroxylation is 1. The van der Waals surface area contributed by atoms with Gasteiger partial charge in [-0.15, -0.1) is 0 Å². The zero-order valence-electron chi connectivity index (χ0n) is 19.4. The van der Waals surface area contributed by atoms with Gasteiger partial charge in [-0.2, -0.15) is 0 Å². The number of anilines is 1. The molecule has 0 radical (unpaired) electrons. The number of carbonyl (C=O) groups excluding carboxylic acids is 2. The van der Waals surface area contributed by atoms with Gasteiger partial charge in [-0.1, -0.05) is 60.7 Å². The molecule has 0 saturated carbocycles. The summed E-state index contributed by atoms with van der Waals surface area (Å²) in [6.07, 6.45) is 2.66. The predicted octanol–water partition coefficient (Wildman–Crippen LogP) is 3.52. The van der Waals surface area contributed by atoms with E-state index in [1.807, 2.05) is 47.2 Å². The summed E-state index contributed by atoms with van der Waals surface area (Å²) < 4.78 is 27.6. The first-order valence-corrected chi connectivity index (χ1v) is 12.6. The highest BCUT2D eigenvalue weighted by Gasteiger charge is 2.29. The van der Waals surface area contributed by atoms with Crippen LogP contribution in [0.5, 0.6) is 0 Å². The molecule has 1 aliphatic rings. The van der Waals surface area contributed by atoms with Crippen molar-refractivity contribution in [3.63, 3.8) is 0 Å². The number of carbonyl (C=O) groups is 2. The lowest BCUT2D eigenvalue weighted by molar-refractivity contribution is -0.120. The first-order chi connectivity index (χ1) is 16.8. The number of sulfonamides is 1. The van der Waals surface area contributed by atoms with Gasteiger partial charge in [0.15, 0.2) is 0 Å². The highest BCUT2D eigenvalue weighted by Crippen LogP contribution is 2.35. The lowest BCUT2D eigenvalue weighted by atomic mass is 10.0. The highest BCUT2D eigenvalue weighted by molar-refractivity contribution is 7.90. The Morgan fingerprint density at radius 1 is 1.00 bits per heavy atom. The molecule has 1 aliphatic heterocycles. The summed E-state index contributed by atoms with van der Waals surface area (Å²) in [5.74, 6) is -0.396. The maximum absolute atomic E-state index is 13.6. The molecule has 0 spiro atoms. The topological polar surface area (TPSA) is 108 Å². The Labute approximate surface area is 204 Å². The van der Waals surface area contributed by atoms with Crippen molar-refractivity contribution in [2.45, 2.75) is 30.7 Å². The number of para-hydroxylation sites is 1. The Bertz CT molecular complexity index is 1390. The Morgan fingerprint density at radius 3 is 2.46 bits per heavy atom. The van der Waals surface area contributed by atoms with Crippen molar-refractivity contribution in [3.8, 4) is 0 Å². The minimum Gasteiger partial charge on any atom is -0.325 e. The molecular formula is C26H26N4O4S. The van der Waals surface area contributed by atoms with Gasteiger partial charge in [0.1, 0.15) is 6.04 Å². The van der Waals surface area contributed by atoms with Gasteiger partial charge in [0.05, 0.1) is 16.3 Å². The molecule has 0 bridgehead atoms. The average molecular weight is 491 g/mol. The van der Waals surface area contributed by atoms with Crippen molar-refractivity contribution in [3.05, 3.63) is 89.5 Å². The lowest BCUT2D eigenvalue weighted by Crippen LogP contribution is -2.52. The van der Waals surface area contributed by atoms with Crippen LogP contribution in [0.2, 0.25) is 0 Å². The molecule has 0 fully saturated rings. The van der Waals surface area contributed by atoms with Crippen LogP contribution in [0.15, 0.2) is 82.7 Å². The molecule has 1 atom stereocenters. The number of rotatable bonds is 7. The predicted molar refractivity (Wildman–Crippen MR) is 136 cm³/mol. The number of aliphatic imine (C=N–C) groups is 1. The molecule has 3 aromatic carbocycles. The molecule has 1 heterocycles. The third kappa shape index (κ3) is 5.41. The number of hydrogen-bond donors (Lipinski definition) is 2. The number of likely N-dealkylation sites (N-methyl/N-ethyl adjacent to an activating group) is 1. The average Bonchev–Trinajstić information content (AvgIpc) is 3.32. The second-order valence-corrected chi connectivity index (χ2v) is 9.94. The van der Waals surface area contributed by atoms with Crippen LogP contribution in [0.25, 0.3) is 0 Å². The van der Waals surface area contributed by atoms with Crippen LogP contribution in [0.4, 0.5) is 16.2 Å². The molecule has 9 heteroatoms. The van der Waals surface area contributed by atoms with E-state index in [0.717, 1.165) is 11.1 Å². The second-order valence-electron chi connectivity index (χ2n) is 8.28. The summed E-state index contributed by atoms with van der Waals surface area (Å²) in [6, 6.07) is 19.2. The number of nitrogens with zero attached hydrogens (tertiary/aromatic N) is 2. The third-order valence-electron chi connectivity index (χ3n) is 5.82.